The Morgan fingerprint density at radius 1 is 1.12 bits per heavy atom. The van der Waals surface area contributed by atoms with Crippen molar-refractivity contribution in [3.63, 3.8) is 0 Å². The van der Waals surface area contributed by atoms with Crippen molar-refractivity contribution in [1.29, 1.82) is 5.26 Å². The van der Waals surface area contributed by atoms with Crippen LogP contribution in [0.15, 0.2) is 29.8 Å². The van der Waals surface area contributed by atoms with E-state index in [0.29, 0.717) is 16.0 Å². The van der Waals surface area contributed by atoms with Gasteiger partial charge in [0.15, 0.2) is 12.4 Å². The van der Waals surface area contributed by atoms with Gasteiger partial charge in [0.1, 0.15) is 16.7 Å². The minimum Gasteiger partial charge on any atom is -0.482 e. The van der Waals surface area contributed by atoms with Crippen LogP contribution < -0.4 is 4.74 Å². The predicted molar refractivity (Wildman–Crippen MR) is 123 cm³/mol. The van der Waals surface area contributed by atoms with Crippen molar-refractivity contribution in [2.24, 2.45) is 0 Å². The molecule has 1 heterocycles. The van der Waals surface area contributed by atoms with Crippen LogP contribution in [-0.2, 0) is 25.5 Å². The third kappa shape index (κ3) is 6.76. The van der Waals surface area contributed by atoms with Crippen LogP contribution in [0.25, 0.3) is 6.08 Å². The highest BCUT2D eigenvalue weighted by molar-refractivity contribution is 7.14. The Labute approximate surface area is 200 Å². The molecule has 0 fully saturated rings. The molecular formula is C24H23NO8S. The molecule has 0 saturated carbocycles. The number of Topliss-reactive ketones (excluding diaryl/α,β-unsaturated/α-hetero) is 1. The number of carbonyl (C=O) groups excluding carboxylic acids is 3. The fraction of sp³-hybridized carbons (Fsp3) is 0.292. The Balaban J connectivity index is 2.37. The molecule has 0 aliphatic rings. The van der Waals surface area contributed by atoms with E-state index < -0.39 is 30.3 Å². The lowest BCUT2D eigenvalue weighted by atomic mass is 10.0. The van der Waals surface area contributed by atoms with Crippen LogP contribution in [0.4, 0.5) is 0 Å². The molecule has 9 nitrogen and oxygen atoms in total. The molecule has 2 rings (SSSR count). The van der Waals surface area contributed by atoms with E-state index in [1.54, 1.807) is 39.0 Å². The summed E-state index contributed by atoms with van der Waals surface area (Å²) >= 11 is 0.954. The number of carbonyl (C=O) groups is 4. The van der Waals surface area contributed by atoms with Gasteiger partial charge in [-0.1, -0.05) is 12.1 Å². The first kappa shape index (κ1) is 26.3. The Morgan fingerprint density at radius 2 is 1.79 bits per heavy atom. The number of nitriles is 1. The van der Waals surface area contributed by atoms with Crippen LogP contribution in [-0.4, -0.2) is 48.6 Å². The summed E-state index contributed by atoms with van der Waals surface area (Å²) in [5.74, 6) is -2.72. The first-order valence-corrected chi connectivity index (χ1v) is 11.1. The molecule has 0 aliphatic heterocycles. The largest absolute Gasteiger partial charge is 0.482 e. The number of esters is 2. The van der Waals surface area contributed by atoms with Gasteiger partial charge in [0.05, 0.1) is 24.4 Å². The zero-order valence-electron chi connectivity index (χ0n) is 18.9. The second-order valence-corrected chi connectivity index (χ2v) is 7.93. The molecule has 1 aromatic heterocycles. The topological polar surface area (TPSA) is 140 Å². The summed E-state index contributed by atoms with van der Waals surface area (Å²) in [6.45, 7) is 4.60. The first-order valence-electron chi connectivity index (χ1n) is 10.3. The zero-order chi connectivity index (χ0) is 25.3. The van der Waals surface area contributed by atoms with E-state index in [2.05, 4.69) is 0 Å². The van der Waals surface area contributed by atoms with Crippen molar-refractivity contribution >= 4 is 41.1 Å². The maximum atomic E-state index is 12.9. The maximum absolute atomic E-state index is 12.9. The SMILES string of the molecule is CCOC(=O)c1sc(CC(=O)/C(C#N)=C/c2cccc(OCC(=O)O)c2)c(C(=O)OCC)c1C. The maximum Gasteiger partial charge on any atom is 0.348 e. The molecule has 1 N–H and O–H groups in total. The minimum absolute atomic E-state index is 0.111. The normalized spacial score (nSPS) is 10.8. The van der Waals surface area contributed by atoms with Crippen LogP contribution >= 0.6 is 11.3 Å². The van der Waals surface area contributed by atoms with Gasteiger partial charge in [0.2, 0.25) is 0 Å². The van der Waals surface area contributed by atoms with E-state index in [1.807, 2.05) is 6.07 Å². The Bertz CT molecular complexity index is 1170. The van der Waals surface area contributed by atoms with Crippen molar-refractivity contribution in [3.8, 4) is 11.8 Å². The van der Waals surface area contributed by atoms with Crippen LogP contribution in [0.2, 0.25) is 0 Å². The van der Waals surface area contributed by atoms with Crippen LogP contribution in [0.5, 0.6) is 5.75 Å². The third-order valence-electron chi connectivity index (χ3n) is 4.43. The molecule has 0 unspecified atom stereocenters. The molecule has 0 aliphatic carbocycles. The average Bonchev–Trinajstić information content (AvgIpc) is 3.12. The highest BCUT2D eigenvalue weighted by atomic mass is 32.1. The summed E-state index contributed by atoms with van der Waals surface area (Å²) in [6, 6.07) is 8.10. The number of carboxylic acid groups (broad SMARTS) is 1. The van der Waals surface area contributed by atoms with Gasteiger partial charge in [-0.25, -0.2) is 14.4 Å². The predicted octanol–water partition coefficient (Wildman–Crippen LogP) is 3.59. The van der Waals surface area contributed by atoms with Crippen molar-refractivity contribution < 1.29 is 38.5 Å². The smallest absolute Gasteiger partial charge is 0.348 e. The Hall–Kier alpha value is -3.97. The average molecular weight is 486 g/mol. The summed E-state index contributed by atoms with van der Waals surface area (Å²) in [5.41, 5.74) is 0.738. The zero-order valence-corrected chi connectivity index (χ0v) is 19.7. The lowest BCUT2D eigenvalue weighted by molar-refractivity contribution is -0.139. The second-order valence-electron chi connectivity index (χ2n) is 6.82. The number of thiophene rings is 1. The molecule has 0 saturated heterocycles. The molecule has 178 valence electrons. The van der Waals surface area contributed by atoms with Gasteiger partial charge in [0, 0.05) is 11.3 Å². The van der Waals surface area contributed by atoms with Gasteiger partial charge in [-0.15, -0.1) is 11.3 Å². The number of rotatable bonds is 11. The number of hydrogen-bond acceptors (Lipinski definition) is 9. The quantitative estimate of drug-likeness (QED) is 0.287. The van der Waals surface area contributed by atoms with Gasteiger partial charge in [0.25, 0.3) is 0 Å². The van der Waals surface area contributed by atoms with Crippen LogP contribution in [0.3, 0.4) is 0 Å². The van der Waals surface area contributed by atoms with Gasteiger partial charge in [-0.05, 0) is 50.1 Å². The summed E-state index contributed by atoms with van der Waals surface area (Å²) in [7, 11) is 0. The van der Waals surface area contributed by atoms with E-state index in [-0.39, 0.29) is 41.4 Å². The number of nitrogens with zero attached hydrogens (tertiary/aromatic N) is 1. The molecule has 34 heavy (non-hydrogen) atoms. The van der Waals surface area contributed by atoms with E-state index >= 15 is 0 Å². The molecule has 10 heteroatoms. The number of aliphatic carboxylic acids is 1. The summed E-state index contributed by atoms with van der Waals surface area (Å²) < 4.78 is 15.2. The summed E-state index contributed by atoms with van der Waals surface area (Å²) in [5, 5.41) is 18.3. The highest BCUT2D eigenvalue weighted by Crippen LogP contribution is 2.31. The Kier molecular flexibility index (Phi) is 9.52. The lowest BCUT2D eigenvalue weighted by Crippen LogP contribution is -2.12. The fourth-order valence-electron chi connectivity index (χ4n) is 2.98. The molecule has 0 radical (unpaired) electrons. The Morgan fingerprint density at radius 3 is 2.41 bits per heavy atom. The molecule has 1 aromatic carbocycles. The molecule has 0 bridgehead atoms. The van der Waals surface area contributed by atoms with Crippen LogP contribution in [0, 0.1) is 18.3 Å². The van der Waals surface area contributed by atoms with Gasteiger partial charge in [-0.3, -0.25) is 4.79 Å². The van der Waals surface area contributed by atoms with E-state index in [9.17, 15) is 24.4 Å². The molecule has 0 spiro atoms. The van der Waals surface area contributed by atoms with Crippen molar-refractivity contribution in [1.82, 2.24) is 0 Å². The molecule has 0 amide bonds. The molecule has 0 atom stereocenters. The number of ether oxygens (including phenoxy) is 3. The van der Waals surface area contributed by atoms with Crippen molar-refractivity contribution in [2.45, 2.75) is 27.2 Å². The number of hydrogen-bond donors (Lipinski definition) is 1. The standard InChI is InChI=1S/C24H23NO8S/c1-4-31-23(29)21-14(3)22(24(30)32-5-2)34-19(21)11-18(26)16(12-25)9-15-7-6-8-17(10-15)33-13-20(27)28/h6-10H,4-5,11,13H2,1-3H3,(H,27,28)/b16-9+. The number of ketones is 1. The minimum atomic E-state index is -1.14. The van der Waals surface area contributed by atoms with E-state index in [4.69, 9.17) is 19.3 Å². The van der Waals surface area contributed by atoms with Crippen molar-refractivity contribution in [2.75, 3.05) is 19.8 Å². The second kappa shape index (κ2) is 12.3. The fourth-order valence-corrected chi connectivity index (χ4v) is 4.17. The highest BCUT2D eigenvalue weighted by Gasteiger charge is 2.28. The third-order valence-corrected chi connectivity index (χ3v) is 5.71. The van der Waals surface area contributed by atoms with E-state index in [0.717, 1.165) is 11.3 Å². The van der Waals surface area contributed by atoms with E-state index in [1.165, 1.54) is 12.1 Å². The first-order chi connectivity index (χ1) is 16.2. The van der Waals surface area contributed by atoms with Gasteiger partial charge < -0.3 is 19.3 Å². The molecular weight excluding hydrogens is 462 g/mol. The number of allylic oxidation sites excluding steroid dienone is 1. The number of benzene rings is 1. The van der Waals surface area contributed by atoms with Gasteiger partial charge in [-0.2, -0.15) is 5.26 Å². The molecule has 2 aromatic rings. The number of carboxylic acids is 1. The summed E-state index contributed by atoms with van der Waals surface area (Å²) in [4.78, 5) is 48.9. The summed E-state index contributed by atoms with van der Waals surface area (Å²) in [6.07, 6.45) is 1.04. The van der Waals surface area contributed by atoms with Crippen molar-refractivity contribution in [3.05, 3.63) is 56.3 Å². The van der Waals surface area contributed by atoms with Crippen LogP contribution in [0.1, 0.15) is 49.9 Å². The lowest BCUT2D eigenvalue weighted by Gasteiger charge is -2.06. The monoisotopic (exact) mass is 485 g/mol. The van der Waals surface area contributed by atoms with Gasteiger partial charge >= 0.3 is 17.9 Å².